The molecule has 2 aromatic rings. The van der Waals surface area contributed by atoms with Gasteiger partial charge in [-0.3, -0.25) is 0 Å². The highest BCUT2D eigenvalue weighted by Gasteiger charge is 2.18. The van der Waals surface area contributed by atoms with Gasteiger partial charge in [0.25, 0.3) is 0 Å². The quantitative estimate of drug-likeness (QED) is 0.727. The molecule has 0 bridgehead atoms. The third-order valence-corrected chi connectivity index (χ3v) is 3.48. The van der Waals surface area contributed by atoms with Gasteiger partial charge in [-0.15, -0.1) is 0 Å². The van der Waals surface area contributed by atoms with Crippen molar-refractivity contribution in [3.8, 4) is 16.9 Å². The molecule has 0 aliphatic carbocycles. The van der Waals surface area contributed by atoms with Gasteiger partial charge in [0.2, 0.25) is 0 Å². The summed E-state index contributed by atoms with van der Waals surface area (Å²) in [6.45, 7) is 0.771. The summed E-state index contributed by atoms with van der Waals surface area (Å²) in [7, 11) is 0. The molecule has 1 aromatic carbocycles. The first-order valence-corrected chi connectivity index (χ1v) is 6.14. The van der Waals surface area contributed by atoms with Crippen molar-refractivity contribution in [1.29, 1.82) is 0 Å². The van der Waals surface area contributed by atoms with E-state index >= 15 is 0 Å². The van der Waals surface area contributed by atoms with Crippen LogP contribution in [-0.2, 0) is 6.42 Å². The van der Waals surface area contributed by atoms with Gasteiger partial charge in [0.15, 0.2) is 0 Å². The number of benzene rings is 1. The van der Waals surface area contributed by atoms with Gasteiger partial charge in [-0.1, -0.05) is 11.6 Å². The fourth-order valence-corrected chi connectivity index (χ4v) is 2.80. The van der Waals surface area contributed by atoms with Crippen LogP contribution in [0.5, 0.6) is 5.75 Å². The maximum absolute atomic E-state index is 6.09. The fraction of sp³-hybridized carbons (Fsp3) is 0.167. The molecule has 1 aliphatic rings. The van der Waals surface area contributed by atoms with E-state index in [0.717, 1.165) is 29.4 Å². The average Bonchev–Trinajstić information content (AvgIpc) is 2.86. The number of ether oxygens (including phenoxy) is 1. The predicted octanol–water partition coefficient (Wildman–Crippen LogP) is 4.00. The molecule has 0 radical (unpaired) electrons. The summed E-state index contributed by atoms with van der Waals surface area (Å²) in [5.41, 5.74) is 3.54. The molecule has 3 rings (SSSR count). The molecule has 76 valence electrons. The van der Waals surface area contributed by atoms with Gasteiger partial charge in [0, 0.05) is 17.0 Å². The third kappa shape index (κ3) is 1.54. The lowest BCUT2D eigenvalue weighted by atomic mass is 10.0. The van der Waals surface area contributed by atoms with Crippen molar-refractivity contribution in [3.63, 3.8) is 0 Å². The van der Waals surface area contributed by atoms with E-state index in [1.54, 1.807) is 11.3 Å². The molecule has 0 spiro atoms. The molecule has 0 atom stereocenters. The van der Waals surface area contributed by atoms with Crippen molar-refractivity contribution in [3.05, 3.63) is 39.5 Å². The highest BCUT2D eigenvalue weighted by atomic mass is 35.5. The third-order valence-electron chi connectivity index (χ3n) is 2.58. The van der Waals surface area contributed by atoms with E-state index in [9.17, 15) is 0 Å². The lowest BCUT2D eigenvalue weighted by Crippen LogP contribution is -1.88. The normalized spacial score (nSPS) is 13.7. The molecule has 0 saturated heterocycles. The van der Waals surface area contributed by atoms with Crippen LogP contribution in [0.3, 0.4) is 0 Å². The van der Waals surface area contributed by atoms with Crippen molar-refractivity contribution in [1.82, 2.24) is 0 Å². The molecule has 1 aromatic heterocycles. The van der Waals surface area contributed by atoms with E-state index in [4.69, 9.17) is 16.3 Å². The summed E-state index contributed by atoms with van der Waals surface area (Å²) in [6.07, 6.45) is 0.965. The Hall–Kier alpha value is -0.990. The van der Waals surface area contributed by atoms with Crippen molar-refractivity contribution in [2.45, 2.75) is 6.42 Å². The summed E-state index contributed by atoms with van der Waals surface area (Å²) in [6, 6.07) is 6.08. The zero-order chi connectivity index (χ0) is 10.3. The molecule has 3 heteroatoms. The minimum Gasteiger partial charge on any atom is -0.492 e. The summed E-state index contributed by atoms with van der Waals surface area (Å²) < 4.78 is 5.65. The lowest BCUT2D eigenvalue weighted by Gasteiger charge is -2.07. The first kappa shape index (κ1) is 9.25. The predicted molar refractivity (Wildman–Crippen MR) is 64.0 cm³/mol. The van der Waals surface area contributed by atoms with E-state index < -0.39 is 0 Å². The second kappa shape index (κ2) is 3.54. The SMILES string of the molecule is Clc1cc2c(c(-c3ccsc3)c1)OCC2. The Morgan fingerprint density at radius 1 is 1.33 bits per heavy atom. The van der Waals surface area contributed by atoms with Crippen molar-refractivity contribution < 1.29 is 4.74 Å². The van der Waals surface area contributed by atoms with Crippen LogP contribution < -0.4 is 4.74 Å². The highest BCUT2D eigenvalue weighted by molar-refractivity contribution is 7.08. The fourth-order valence-electron chi connectivity index (χ4n) is 1.90. The maximum atomic E-state index is 6.09. The Morgan fingerprint density at radius 2 is 2.27 bits per heavy atom. The van der Waals surface area contributed by atoms with Crippen molar-refractivity contribution in [2.75, 3.05) is 6.61 Å². The zero-order valence-electron chi connectivity index (χ0n) is 8.00. The summed E-state index contributed by atoms with van der Waals surface area (Å²) >= 11 is 7.78. The molecule has 0 saturated carbocycles. The van der Waals surface area contributed by atoms with Crippen LogP contribution >= 0.6 is 22.9 Å². The largest absolute Gasteiger partial charge is 0.492 e. The van der Waals surface area contributed by atoms with Crippen LogP contribution in [0.2, 0.25) is 5.02 Å². The number of hydrogen-bond acceptors (Lipinski definition) is 2. The van der Waals surface area contributed by atoms with Gasteiger partial charge in [0.1, 0.15) is 5.75 Å². The standard InChI is InChI=1S/C12H9ClOS/c13-10-5-8-1-3-14-12(8)11(6-10)9-2-4-15-7-9/h2,4-7H,1,3H2. The van der Waals surface area contributed by atoms with Crippen LogP contribution in [0.4, 0.5) is 0 Å². The molecular weight excluding hydrogens is 228 g/mol. The van der Waals surface area contributed by atoms with E-state index in [0.29, 0.717) is 0 Å². The van der Waals surface area contributed by atoms with E-state index in [-0.39, 0.29) is 0 Å². The number of halogens is 1. The van der Waals surface area contributed by atoms with E-state index in [1.165, 1.54) is 11.1 Å². The monoisotopic (exact) mass is 236 g/mol. The molecular formula is C12H9ClOS. The molecule has 0 N–H and O–H groups in total. The first-order chi connectivity index (χ1) is 7.34. The lowest BCUT2D eigenvalue weighted by molar-refractivity contribution is 0.358. The molecule has 0 amide bonds. The van der Waals surface area contributed by atoms with Gasteiger partial charge >= 0.3 is 0 Å². The molecule has 1 aliphatic heterocycles. The first-order valence-electron chi connectivity index (χ1n) is 4.82. The Labute approximate surface area is 97.3 Å². The Bertz CT molecular complexity index is 491. The maximum Gasteiger partial charge on any atom is 0.130 e. The number of hydrogen-bond donors (Lipinski definition) is 0. The van der Waals surface area contributed by atoms with Gasteiger partial charge in [0.05, 0.1) is 6.61 Å². The van der Waals surface area contributed by atoms with Gasteiger partial charge in [-0.2, -0.15) is 11.3 Å². The van der Waals surface area contributed by atoms with Gasteiger partial charge in [-0.05, 0) is 40.1 Å². The molecule has 1 nitrogen and oxygen atoms in total. The molecule has 0 fully saturated rings. The van der Waals surface area contributed by atoms with E-state index in [1.807, 2.05) is 12.1 Å². The average molecular weight is 237 g/mol. The minimum absolute atomic E-state index is 0.771. The number of fused-ring (bicyclic) bond motifs is 1. The van der Waals surface area contributed by atoms with E-state index in [2.05, 4.69) is 16.8 Å². The van der Waals surface area contributed by atoms with Gasteiger partial charge < -0.3 is 4.74 Å². The summed E-state index contributed by atoms with van der Waals surface area (Å²) in [4.78, 5) is 0. The summed E-state index contributed by atoms with van der Waals surface area (Å²) in [5, 5.41) is 4.98. The van der Waals surface area contributed by atoms with Crippen LogP contribution in [0.25, 0.3) is 11.1 Å². The zero-order valence-corrected chi connectivity index (χ0v) is 9.57. The number of rotatable bonds is 1. The van der Waals surface area contributed by atoms with Gasteiger partial charge in [-0.25, -0.2) is 0 Å². The topological polar surface area (TPSA) is 9.23 Å². The Kier molecular flexibility index (Phi) is 2.19. The van der Waals surface area contributed by atoms with Crippen LogP contribution in [0.1, 0.15) is 5.56 Å². The number of thiophene rings is 1. The van der Waals surface area contributed by atoms with Crippen LogP contribution in [-0.4, -0.2) is 6.61 Å². The molecule has 0 unspecified atom stereocenters. The Balaban J connectivity index is 2.23. The van der Waals surface area contributed by atoms with Crippen LogP contribution in [0.15, 0.2) is 29.0 Å². The second-order valence-corrected chi connectivity index (χ2v) is 4.77. The highest BCUT2D eigenvalue weighted by Crippen LogP contribution is 2.39. The summed E-state index contributed by atoms with van der Waals surface area (Å²) in [5.74, 6) is 1.01. The van der Waals surface area contributed by atoms with Crippen LogP contribution in [0, 0.1) is 0 Å². The van der Waals surface area contributed by atoms with Crippen molar-refractivity contribution >= 4 is 22.9 Å². The van der Waals surface area contributed by atoms with Crippen molar-refractivity contribution in [2.24, 2.45) is 0 Å². The Morgan fingerprint density at radius 3 is 3.07 bits per heavy atom. The second-order valence-electron chi connectivity index (χ2n) is 3.55. The smallest absolute Gasteiger partial charge is 0.130 e. The molecule has 2 heterocycles. The molecule has 15 heavy (non-hydrogen) atoms. The minimum atomic E-state index is 0.771.